The first-order valence-electron chi connectivity index (χ1n) is 3.36. The highest BCUT2D eigenvalue weighted by molar-refractivity contribution is 5.92. The molecule has 1 rings (SSSR count). The van der Waals surface area contributed by atoms with Crippen molar-refractivity contribution in [1.29, 1.82) is 0 Å². The zero-order chi connectivity index (χ0) is 8.97. The van der Waals surface area contributed by atoms with Crippen LogP contribution in [0.5, 0.6) is 0 Å². The molecule has 0 radical (unpaired) electrons. The minimum atomic E-state index is -0.452. The van der Waals surface area contributed by atoms with Crippen LogP contribution in [-0.4, -0.2) is 13.0 Å². The third-order valence-electron chi connectivity index (χ3n) is 1.38. The Morgan fingerprint density at radius 3 is 3.17 bits per heavy atom. The van der Waals surface area contributed by atoms with Crippen LogP contribution >= 0.6 is 0 Å². The quantitative estimate of drug-likeness (QED) is 0.381. The highest BCUT2D eigenvalue weighted by atomic mass is 16.5. The summed E-state index contributed by atoms with van der Waals surface area (Å²) in [4.78, 5) is 11.0. The molecule has 5 nitrogen and oxygen atoms in total. The van der Waals surface area contributed by atoms with Gasteiger partial charge < -0.3 is 9.15 Å². The average molecular weight is 170 g/mol. The van der Waals surface area contributed by atoms with Crippen molar-refractivity contribution in [2.75, 3.05) is 7.11 Å². The van der Waals surface area contributed by atoms with Gasteiger partial charge in [0.15, 0.2) is 5.76 Å². The molecule has 12 heavy (non-hydrogen) atoms. The minimum absolute atomic E-state index is 0.194. The molecule has 0 saturated heterocycles. The average Bonchev–Trinajstić information content (AvgIpc) is 2.52. The van der Waals surface area contributed by atoms with Crippen LogP contribution in [-0.2, 0) is 11.3 Å². The Hall–Kier alpha value is -1.33. The van der Waals surface area contributed by atoms with Gasteiger partial charge in [0.1, 0.15) is 0 Å². The number of furan rings is 1. The molecule has 0 fully saturated rings. The molecule has 0 unspecified atom stereocenters. The second-order valence-electron chi connectivity index (χ2n) is 2.18. The first-order chi connectivity index (χ1) is 5.79. The fourth-order valence-electron chi connectivity index (χ4n) is 0.870. The van der Waals surface area contributed by atoms with E-state index in [0.29, 0.717) is 12.2 Å². The standard InChI is InChI=1S/C7H10N2O3/c1-11-4-5-2-3-12-6(5)7(10)9-8/h2-3H,4,8H2,1H3,(H,9,10). The summed E-state index contributed by atoms with van der Waals surface area (Å²) in [7, 11) is 1.54. The van der Waals surface area contributed by atoms with Gasteiger partial charge in [-0.15, -0.1) is 0 Å². The molecule has 0 aliphatic heterocycles. The summed E-state index contributed by atoms with van der Waals surface area (Å²) in [5.41, 5.74) is 2.66. The van der Waals surface area contributed by atoms with Crippen molar-refractivity contribution in [1.82, 2.24) is 5.43 Å². The second kappa shape index (κ2) is 3.89. The zero-order valence-electron chi connectivity index (χ0n) is 6.66. The third-order valence-corrected chi connectivity index (χ3v) is 1.38. The number of hydrogen-bond donors (Lipinski definition) is 2. The third kappa shape index (κ3) is 1.63. The summed E-state index contributed by atoms with van der Waals surface area (Å²) in [6, 6.07) is 1.66. The van der Waals surface area contributed by atoms with Crippen LogP contribution in [0, 0.1) is 0 Å². The first-order valence-corrected chi connectivity index (χ1v) is 3.36. The molecule has 0 saturated carbocycles. The number of hydrazine groups is 1. The van der Waals surface area contributed by atoms with E-state index >= 15 is 0 Å². The summed E-state index contributed by atoms with van der Waals surface area (Å²) in [6.45, 7) is 0.333. The normalized spacial score (nSPS) is 9.83. The predicted octanol–water partition coefficient (Wildman–Crippen LogP) is 0.0295. The molecule has 0 aliphatic rings. The van der Waals surface area contributed by atoms with Gasteiger partial charge in [0.25, 0.3) is 0 Å². The number of ether oxygens (including phenoxy) is 1. The van der Waals surface area contributed by atoms with Crippen molar-refractivity contribution in [2.24, 2.45) is 5.84 Å². The monoisotopic (exact) mass is 170 g/mol. The molecule has 1 amide bonds. The van der Waals surface area contributed by atoms with E-state index < -0.39 is 5.91 Å². The van der Waals surface area contributed by atoms with Crippen LogP contribution in [0.3, 0.4) is 0 Å². The molecule has 66 valence electrons. The summed E-state index contributed by atoms with van der Waals surface area (Å²) in [5.74, 6) is 4.67. The van der Waals surface area contributed by atoms with Gasteiger partial charge in [-0.3, -0.25) is 10.2 Å². The Balaban J connectivity index is 2.83. The summed E-state index contributed by atoms with van der Waals surface area (Å²) < 4.78 is 9.74. The van der Waals surface area contributed by atoms with Crippen LogP contribution in [0.4, 0.5) is 0 Å². The highest BCUT2D eigenvalue weighted by Crippen LogP contribution is 2.10. The molecule has 5 heteroatoms. The van der Waals surface area contributed by atoms with Gasteiger partial charge in [0, 0.05) is 12.7 Å². The summed E-state index contributed by atoms with van der Waals surface area (Å²) in [6.07, 6.45) is 1.42. The van der Waals surface area contributed by atoms with E-state index in [1.54, 1.807) is 6.07 Å². The second-order valence-corrected chi connectivity index (χ2v) is 2.18. The van der Waals surface area contributed by atoms with Gasteiger partial charge in [-0.1, -0.05) is 0 Å². The molecule has 0 spiro atoms. The number of hydrogen-bond acceptors (Lipinski definition) is 4. The van der Waals surface area contributed by atoms with Crippen molar-refractivity contribution in [3.63, 3.8) is 0 Å². The van der Waals surface area contributed by atoms with E-state index in [1.807, 2.05) is 5.43 Å². The number of rotatable bonds is 3. The van der Waals surface area contributed by atoms with Gasteiger partial charge >= 0.3 is 5.91 Å². The molecular weight excluding hydrogens is 160 g/mol. The lowest BCUT2D eigenvalue weighted by Crippen LogP contribution is -2.30. The van der Waals surface area contributed by atoms with Gasteiger partial charge in [0.2, 0.25) is 0 Å². The number of amides is 1. The molecule has 0 aliphatic carbocycles. The first kappa shape index (κ1) is 8.76. The van der Waals surface area contributed by atoms with E-state index in [0.717, 1.165) is 0 Å². The lowest BCUT2D eigenvalue weighted by Gasteiger charge is -1.98. The number of nitrogen functional groups attached to an aromatic ring is 1. The summed E-state index contributed by atoms with van der Waals surface area (Å²) in [5, 5.41) is 0. The van der Waals surface area contributed by atoms with E-state index in [1.165, 1.54) is 13.4 Å². The van der Waals surface area contributed by atoms with Crippen LogP contribution in [0.15, 0.2) is 16.7 Å². The highest BCUT2D eigenvalue weighted by Gasteiger charge is 2.13. The SMILES string of the molecule is COCc1ccoc1C(=O)NN. The Morgan fingerprint density at radius 2 is 2.58 bits per heavy atom. The van der Waals surface area contributed by atoms with Gasteiger partial charge in [0.05, 0.1) is 12.9 Å². The number of carbonyl (C=O) groups excluding carboxylic acids is 1. The number of carbonyl (C=O) groups is 1. The maximum absolute atomic E-state index is 11.0. The largest absolute Gasteiger partial charge is 0.459 e. The lowest BCUT2D eigenvalue weighted by atomic mass is 10.2. The molecule has 1 aromatic rings. The topological polar surface area (TPSA) is 77.5 Å². The van der Waals surface area contributed by atoms with Crippen LogP contribution < -0.4 is 11.3 Å². The Bertz CT molecular complexity index is 269. The number of nitrogens with two attached hydrogens (primary N) is 1. The fourth-order valence-corrected chi connectivity index (χ4v) is 0.870. The molecular formula is C7H10N2O3. The van der Waals surface area contributed by atoms with Crippen molar-refractivity contribution >= 4 is 5.91 Å². The van der Waals surface area contributed by atoms with E-state index in [2.05, 4.69) is 0 Å². The molecule has 0 bridgehead atoms. The zero-order valence-corrected chi connectivity index (χ0v) is 6.66. The maximum atomic E-state index is 11.0. The number of methoxy groups -OCH3 is 1. The smallest absolute Gasteiger partial charge is 0.301 e. The van der Waals surface area contributed by atoms with Gasteiger partial charge in [-0.25, -0.2) is 5.84 Å². The van der Waals surface area contributed by atoms with E-state index in [4.69, 9.17) is 15.0 Å². The molecule has 1 aromatic heterocycles. The van der Waals surface area contributed by atoms with E-state index in [9.17, 15) is 4.79 Å². The minimum Gasteiger partial charge on any atom is -0.459 e. The Morgan fingerprint density at radius 1 is 1.83 bits per heavy atom. The van der Waals surface area contributed by atoms with Crippen LogP contribution in [0.25, 0.3) is 0 Å². The van der Waals surface area contributed by atoms with Crippen molar-refractivity contribution in [3.8, 4) is 0 Å². The lowest BCUT2D eigenvalue weighted by molar-refractivity contribution is 0.0919. The molecule has 0 aromatic carbocycles. The van der Waals surface area contributed by atoms with Crippen LogP contribution in [0.1, 0.15) is 16.1 Å². The summed E-state index contributed by atoms with van der Waals surface area (Å²) >= 11 is 0. The van der Waals surface area contributed by atoms with Gasteiger partial charge in [-0.05, 0) is 6.07 Å². The Labute approximate surface area is 69.5 Å². The van der Waals surface area contributed by atoms with Crippen LogP contribution in [0.2, 0.25) is 0 Å². The predicted molar refractivity (Wildman–Crippen MR) is 41.1 cm³/mol. The fraction of sp³-hybridized carbons (Fsp3) is 0.286. The molecule has 0 atom stereocenters. The molecule has 1 heterocycles. The Kier molecular flexibility index (Phi) is 2.84. The number of nitrogens with one attached hydrogen (secondary N) is 1. The van der Waals surface area contributed by atoms with Crippen molar-refractivity contribution in [3.05, 3.63) is 23.7 Å². The molecule has 3 N–H and O–H groups in total. The maximum Gasteiger partial charge on any atom is 0.301 e. The van der Waals surface area contributed by atoms with Gasteiger partial charge in [-0.2, -0.15) is 0 Å². The van der Waals surface area contributed by atoms with Crippen molar-refractivity contribution in [2.45, 2.75) is 6.61 Å². The van der Waals surface area contributed by atoms with E-state index in [-0.39, 0.29) is 5.76 Å². The van der Waals surface area contributed by atoms with Crippen molar-refractivity contribution < 1.29 is 13.9 Å².